The molecule has 0 radical (unpaired) electrons. The molecule has 0 N–H and O–H groups in total. The van der Waals surface area contributed by atoms with Crippen molar-refractivity contribution >= 4 is 22.8 Å². The molecule has 3 heterocycles. The second-order valence-corrected chi connectivity index (χ2v) is 4.98. The third kappa shape index (κ3) is 2.00. The van der Waals surface area contributed by atoms with E-state index >= 15 is 0 Å². The van der Waals surface area contributed by atoms with E-state index in [1.165, 1.54) is 0 Å². The molecule has 0 aromatic carbocycles. The highest BCUT2D eigenvalue weighted by atomic mass is 35.5. The van der Waals surface area contributed by atoms with Crippen molar-refractivity contribution in [2.75, 3.05) is 0 Å². The van der Waals surface area contributed by atoms with Gasteiger partial charge in [0.15, 0.2) is 5.65 Å². The van der Waals surface area contributed by atoms with Gasteiger partial charge in [-0.2, -0.15) is 5.10 Å². The lowest BCUT2D eigenvalue weighted by Gasteiger charge is -2.05. The standard InChI is InChI=1S/C13H16ClN5O/c1-4-9-12-13(18(3)17-9)19(10(5-14)16-12)7-11-15-6-8(2)20-11/h6H,4-5,7H2,1-3H3. The maximum atomic E-state index is 6.02. The maximum absolute atomic E-state index is 6.02. The molecule has 6 nitrogen and oxygen atoms in total. The molecule has 0 saturated carbocycles. The lowest BCUT2D eigenvalue weighted by atomic mass is 10.3. The first kappa shape index (κ1) is 13.2. The van der Waals surface area contributed by atoms with E-state index in [1.54, 1.807) is 6.20 Å². The number of aryl methyl sites for hydroxylation is 3. The van der Waals surface area contributed by atoms with Crippen molar-refractivity contribution in [3.63, 3.8) is 0 Å². The molecule has 7 heteroatoms. The fourth-order valence-corrected chi connectivity index (χ4v) is 2.61. The van der Waals surface area contributed by atoms with Crippen LogP contribution in [0.25, 0.3) is 11.2 Å². The number of hydrogen-bond acceptors (Lipinski definition) is 4. The maximum Gasteiger partial charge on any atom is 0.214 e. The molecule has 0 atom stereocenters. The van der Waals surface area contributed by atoms with Gasteiger partial charge in [0.05, 0.1) is 17.8 Å². The van der Waals surface area contributed by atoms with Gasteiger partial charge in [0.1, 0.15) is 23.6 Å². The highest BCUT2D eigenvalue weighted by molar-refractivity contribution is 6.16. The minimum atomic E-state index is 0.345. The molecule has 0 bridgehead atoms. The molecule has 0 amide bonds. The van der Waals surface area contributed by atoms with Gasteiger partial charge in [-0.3, -0.25) is 4.68 Å². The quantitative estimate of drug-likeness (QED) is 0.693. The Hall–Kier alpha value is -1.82. The van der Waals surface area contributed by atoms with Crippen LogP contribution in [-0.4, -0.2) is 24.3 Å². The molecule has 3 aromatic heterocycles. The van der Waals surface area contributed by atoms with Crippen molar-refractivity contribution in [2.45, 2.75) is 32.7 Å². The average molecular weight is 294 g/mol. The smallest absolute Gasteiger partial charge is 0.214 e. The van der Waals surface area contributed by atoms with E-state index in [0.717, 1.165) is 34.9 Å². The Bertz CT molecular complexity index is 754. The lowest BCUT2D eigenvalue weighted by Crippen LogP contribution is -2.07. The number of imidazole rings is 1. The van der Waals surface area contributed by atoms with E-state index in [-0.39, 0.29) is 0 Å². The number of aromatic nitrogens is 5. The molecule has 0 spiro atoms. The van der Waals surface area contributed by atoms with Crippen molar-refractivity contribution in [1.29, 1.82) is 0 Å². The normalized spacial score (nSPS) is 11.6. The van der Waals surface area contributed by atoms with Gasteiger partial charge in [-0.15, -0.1) is 11.6 Å². The molecule has 0 fully saturated rings. The summed E-state index contributed by atoms with van der Waals surface area (Å²) in [6.45, 7) is 4.45. The number of fused-ring (bicyclic) bond motifs is 1. The third-order valence-electron chi connectivity index (χ3n) is 3.29. The fourth-order valence-electron chi connectivity index (χ4n) is 2.40. The van der Waals surface area contributed by atoms with Crippen molar-refractivity contribution in [3.05, 3.63) is 29.4 Å². The minimum Gasteiger partial charge on any atom is -0.444 e. The van der Waals surface area contributed by atoms with Crippen LogP contribution >= 0.6 is 11.6 Å². The molecule has 0 aliphatic rings. The van der Waals surface area contributed by atoms with Crippen LogP contribution in [0.3, 0.4) is 0 Å². The Morgan fingerprint density at radius 1 is 1.40 bits per heavy atom. The van der Waals surface area contributed by atoms with Crippen LogP contribution in [0.15, 0.2) is 10.6 Å². The largest absolute Gasteiger partial charge is 0.444 e. The van der Waals surface area contributed by atoms with Crippen molar-refractivity contribution in [3.8, 4) is 0 Å². The summed E-state index contributed by atoms with van der Waals surface area (Å²) >= 11 is 6.02. The highest BCUT2D eigenvalue weighted by Gasteiger charge is 2.19. The Morgan fingerprint density at radius 3 is 2.80 bits per heavy atom. The first-order valence-electron chi connectivity index (χ1n) is 6.52. The molecule has 0 aliphatic heterocycles. The second kappa shape index (κ2) is 4.94. The van der Waals surface area contributed by atoms with E-state index in [1.807, 2.05) is 23.2 Å². The van der Waals surface area contributed by atoms with E-state index < -0.39 is 0 Å². The molecule has 0 aliphatic carbocycles. The molecular weight excluding hydrogens is 278 g/mol. The van der Waals surface area contributed by atoms with Gasteiger partial charge in [-0.1, -0.05) is 6.92 Å². The van der Waals surface area contributed by atoms with Crippen LogP contribution in [-0.2, 0) is 25.9 Å². The minimum absolute atomic E-state index is 0.345. The number of rotatable bonds is 4. The summed E-state index contributed by atoms with van der Waals surface area (Å²) in [5.41, 5.74) is 2.85. The molecular formula is C13H16ClN5O. The first-order valence-corrected chi connectivity index (χ1v) is 7.05. The Labute approximate surface area is 121 Å². The Kier molecular flexibility index (Phi) is 3.25. The van der Waals surface area contributed by atoms with Crippen LogP contribution in [0.5, 0.6) is 0 Å². The van der Waals surface area contributed by atoms with Crippen molar-refractivity contribution in [2.24, 2.45) is 7.05 Å². The summed E-state index contributed by atoms with van der Waals surface area (Å²) in [4.78, 5) is 8.85. The molecule has 0 unspecified atom stereocenters. The van der Waals surface area contributed by atoms with Gasteiger partial charge in [0.25, 0.3) is 0 Å². The number of nitrogens with zero attached hydrogens (tertiary/aromatic N) is 5. The first-order chi connectivity index (χ1) is 9.63. The van der Waals surface area contributed by atoms with Gasteiger partial charge in [-0.05, 0) is 13.3 Å². The molecule has 20 heavy (non-hydrogen) atoms. The van der Waals surface area contributed by atoms with E-state index in [0.29, 0.717) is 18.3 Å². The predicted molar refractivity (Wildman–Crippen MR) is 75.8 cm³/mol. The van der Waals surface area contributed by atoms with Crippen LogP contribution in [0.4, 0.5) is 0 Å². The summed E-state index contributed by atoms with van der Waals surface area (Å²) in [6.07, 6.45) is 2.55. The average Bonchev–Trinajstić information content (AvgIpc) is 3.07. The zero-order valence-corrected chi connectivity index (χ0v) is 12.5. The van der Waals surface area contributed by atoms with Gasteiger partial charge < -0.3 is 8.98 Å². The molecule has 3 rings (SSSR count). The van der Waals surface area contributed by atoms with E-state index in [4.69, 9.17) is 16.0 Å². The number of halogens is 1. The van der Waals surface area contributed by atoms with Crippen LogP contribution in [0.1, 0.15) is 30.1 Å². The zero-order valence-electron chi connectivity index (χ0n) is 11.7. The number of oxazole rings is 1. The van der Waals surface area contributed by atoms with Crippen LogP contribution < -0.4 is 0 Å². The topological polar surface area (TPSA) is 61.7 Å². The van der Waals surface area contributed by atoms with Gasteiger partial charge in [0.2, 0.25) is 5.89 Å². The Morgan fingerprint density at radius 2 is 2.20 bits per heavy atom. The second-order valence-electron chi connectivity index (χ2n) is 4.71. The van der Waals surface area contributed by atoms with E-state index in [9.17, 15) is 0 Å². The third-order valence-corrected chi connectivity index (χ3v) is 3.53. The lowest BCUT2D eigenvalue weighted by molar-refractivity contribution is 0.455. The van der Waals surface area contributed by atoms with Gasteiger partial charge >= 0.3 is 0 Å². The predicted octanol–water partition coefficient (Wildman–Crippen LogP) is 2.42. The zero-order chi connectivity index (χ0) is 14.3. The Balaban J connectivity index is 2.14. The summed E-state index contributed by atoms with van der Waals surface area (Å²) in [5.74, 6) is 2.59. The summed E-state index contributed by atoms with van der Waals surface area (Å²) in [5, 5.41) is 4.49. The highest BCUT2D eigenvalue weighted by Crippen LogP contribution is 2.22. The van der Waals surface area contributed by atoms with Crippen molar-refractivity contribution < 1.29 is 4.42 Å². The number of alkyl halides is 1. The van der Waals surface area contributed by atoms with Crippen LogP contribution in [0, 0.1) is 6.92 Å². The fraction of sp³-hybridized carbons (Fsp3) is 0.462. The van der Waals surface area contributed by atoms with Crippen LogP contribution in [0.2, 0.25) is 0 Å². The number of hydrogen-bond donors (Lipinski definition) is 0. The SMILES string of the molecule is CCc1nn(C)c2c1nc(CCl)n2Cc1ncc(C)o1. The van der Waals surface area contributed by atoms with E-state index in [2.05, 4.69) is 22.0 Å². The monoisotopic (exact) mass is 293 g/mol. The van der Waals surface area contributed by atoms with Gasteiger partial charge in [0, 0.05) is 7.05 Å². The summed E-state index contributed by atoms with van der Waals surface area (Å²) < 4.78 is 9.40. The van der Waals surface area contributed by atoms with Gasteiger partial charge in [-0.25, -0.2) is 9.97 Å². The molecule has 106 valence electrons. The molecule has 0 saturated heterocycles. The summed E-state index contributed by atoms with van der Waals surface area (Å²) in [6, 6.07) is 0. The van der Waals surface area contributed by atoms with Crippen molar-refractivity contribution in [1.82, 2.24) is 24.3 Å². The summed E-state index contributed by atoms with van der Waals surface area (Å²) in [7, 11) is 1.92. The molecule has 3 aromatic rings.